The lowest BCUT2D eigenvalue weighted by molar-refractivity contribution is -0.150. The van der Waals surface area contributed by atoms with Crippen LogP contribution in [0.2, 0.25) is 0 Å². The van der Waals surface area contributed by atoms with Gasteiger partial charge in [0, 0.05) is 45.9 Å². The van der Waals surface area contributed by atoms with Gasteiger partial charge in [-0.3, -0.25) is 48.1 Å². The minimum absolute atomic E-state index is 0.0264. The smallest absolute Gasteiger partial charge is 0.326 e. The van der Waals surface area contributed by atoms with Crippen molar-refractivity contribution >= 4 is 75.9 Å². The Bertz CT molecular complexity index is 2930. The summed E-state index contributed by atoms with van der Waals surface area (Å²) in [5.74, 6) is -7.80. The number of amides is 9. The number of carboxylic acid groups (broad SMARTS) is 1. The maximum absolute atomic E-state index is 15.1. The first-order valence-electron chi connectivity index (χ1n) is 30.4. The van der Waals surface area contributed by atoms with Gasteiger partial charge in [-0.1, -0.05) is 106 Å². The fourth-order valence-corrected chi connectivity index (χ4v) is 12.0. The van der Waals surface area contributed by atoms with Crippen molar-refractivity contribution in [2.45, 2.75) is 171 Å². The first-order chi connectivity index (χ1) is 41.6. The Morgan fingerprint density at radius 1 is 0.713 bits per heavy atom. The van der Waals surface area contributed by atoms with Crippen molar-refractivity contribution in [3.05, 3.63) is 83.9 Å². The van der Waals surface area contributed by atoms with Crippen LogP contribution in [0.3, 0.4) is 0 Å². The molecule has 3 aliphatic rings. The molecule has 2 saturated heterocycles. The normalized spacial score (nSPS) is 19.6. The summed E-state index contributed by atoms with van der Waals surface area (Å²) < 4.78 is 0. The Hall–Kier alpha value is -8.19. The summed E-state index contributed by atoms with van der Waals surface area (Å²) in [6.07, 6.45) is 6.23. The van der Waals surface area contributed by atoms with Gasteiger partial charge in [-0.05, 0) is 104 Å². The van der Waals surface area contributed by atoms with E-state index in [1.165, 1.54) is 18.9 Å². The van der Waals surface area contributed by atoms with Gasteiger partial charge in [-0.25, -0.2) is 4.79 Å². The van der Waals surface area contributed by atoms with Crippen molar-refractivity contribution < 1.29 is 58.2 Å². The number of nitrogens with one attached hydrogen (secondary N) is 6. The fourth-order valence-electron chi connectivity index (χ4n) is 12.0. The Labute approximate surface area is 508 Å². The highest BCUT2D eigenvalue weighted by Gasteiger charge is 2.51. The molecule has 0 radical (unpaired) electrons. The third-order valence-corrected chi connectivity index (χ3v) is 17.0. The molecule has 0 spiro atoms. The average molecular weight is 1210 g/mol. The van der Waals surface area contributed by atoms with Crippen molar-refractivity contribution in [3.8, 4) is 0 Å². The number of hydrogen-bond donors (Lipinski definition) is 11. The maximum Gasteiger partial charge on any atom is 0.326 e. The van der Waals surface area contributed by atoms with Gasteiger partial charge in [0.25, 0.3) is 0 Å². The molecule has 474 valence electrons. The first kappa shape index (κ1) is 67.9. The van der Waals surface area contributed by atoms with Gasteiger partial charge in [0.1, 0.15) is 48.3 Å². The number of fused-ring (bicyclic) bond motifs is 2. The van der Waals surface area contributed by atoms with Gasteiger partial charge in [-0.2, -0.15) is 0 Å². The number of nitrogens with zero attached hydrogens (tertiary/aromatic N) is 4. The molecule has 3 aromatic rings. The number of likely N-dealkylation sites (N-methyl/N-ethyl adjacent to an activating group) is 1. The summed E-state index contributed by atoms with van der Waals surface area (Å²) in [5, 5.41) is 38.4. The zero-order chi connectivity index (χ0) is 63.3. The zero-order valence-corrected chi connectivity index (χ0v) is 50.4. The van der Waals surface area contributed by atoms with Crippen LogP contribution in [-0.4, -0.2) is 184 Å². The predicted octanol–water partition coefficient (Wildman–Crippen LogP) is 0.468. The molecule has 1 saturated carbocycles. The highest BCUT2D eigenvalue weighted by Crippen LogP contribution is 2.41. The summed E-state index contributed by atoms with van der Waals surface area (Å²) in [6, 6.07) is 11.7. The van der Waals surface area contributed by atoms with E-state index >= 15 is 4.79 Å². The molecular weight excluding hydrogens is 1120 g/mol. The summed E-state index contributed by atoms with van der Waals surface area (Å²) in [6.45, 7) is 3.94. The molecule has 2 aliphatic heterocycles. The standard InChI is InChI=1S/C62H89N13O12/c1-5-37(2)53(61(86)87)72-55(80)46(32-40-26-27-41-19-9-10-20-42(41)31-40)70-56(81)47(36-76)71-58(83)50(33-39-17-7-6-8-18-39)73(4)52(78)35-67-57(82)49-25-16-30-74(49)60(85)51-34-43-21-11-12-24-48(43)75(51)59(84)45(23-15-29-66-62(64)65)69-54(79)44(68-38(3)77)22-13-14-28-63/h6-10,17-20,26-27,31,37,43-51,53,76H,5,11-16,21-25,28-30,32-36,63H2,1-4H3,(H,67,82)(H,68,77)(H,69,79)(H,70,81)(H,71,83)(H,72,80)(H,86,87)(H4,64,65,66)/t37-,43-,44-,45-,46+,47-,48-,49-,50-,51-,53-/m0/s1. The van der Waals surface area contributed by atoms with E-state index < -0.39 is 127 Å². The number of likely N-dealkylation sites (tertiary alicyclic amines) is 2. The molecule has 14 N–H and O–H groups in total. The average Bonchev–Trinajstić information content (AvgIpc) is 1.70. The number of benzene rings is 3. The van der Waals surface area contributed by atoms with E-state index in [0.29, 0.717) is 62.6 Å². The fraction of sp³-hybridized carbons (Fsp3) is 0.565. The second-order valence-corrected chi connectivity index (χ2v) is 23.2. The molecular formula is C62H89N13O12. The number of nitrogens with two attached hydrogens (primary N) is 3. The molecule has 0 bridgehead atoms. The van der Waals surface area contributed by atoms with Gasteiger partial charge in [0.15, 0.2) is 5.96 Å². The second-order valence-electron chi connectivity index (χ2n) is 23.2. The van der Waals surface area contributed by atoms with Crippen LogP contribution in [0.1, 0.15) is 115 Å². The SMILES string of the molecule is CC[C@H](C)[C@H](NC(=O)[C@@H](Cc1ccc2ccccc2c1)NC(=O)[C@H](CO)NC(=O)[C@H](Cc1ccccc1)N(C)C(=O)CNC(=O)[C@@H]1CCCN1C(=O)[C@@H]1C[C@@H]2CCCC[C@@H]2N1C(=O)[C@H](CCCN=C(N)N)NC(=O)[C@H](CCCCN)NC(C)=O)C(=O)O. The summed E-state index contributed by atoms with van der Waals surface area (Å²) in [4.78, 5) is 148. The van der Waals surface area contributed by atoms with E-state index in [2.05, 4.69) is 36.9 Å². The summed E-state index contributed by atoms with van der Waals surface area (Å²) >= 11 is 0. The third-order valence-electron chi connectivity index (χ3n) is 17.0. The molecule has 0 aromatic heterocycles. The number of aliphatic hydroxyl groups is 1. The van der Waals surface area contributed by atoms with Gasteiger partial charge in [0.05, 0.1) is 13.2 Å². The van der Waals surface area contributed by atoms with E-state index in [9.17, 15) is 53.4 Å². The minimum atomic E-state index is -1.66. The number of carbonyl (C=O) groups is 10. The number of carbonyl (C=O) groups excluding carboxylic acids is 9. The monoisotopic (exact) mass is 1210 g/mol. The molecule has 2 heterocycles. The number of carboxylic acids is 1. The minimum Gasteiger partial charge on any atom is -0.480 e. The molecule has 87 heavy (non-hydrogen) atoms. The lowest BCUT2D eigenvalue weighted by Gasteiger charge is -2.37. The molecule has 25 heteroatoms. The first-order valence-corrected chi connectivity index (χ1v) is 30.4. The number of aliphatic carboxylic acids is 1. The Morgan fingerprint density at radius 3 is 2.05 bits per heavy atom. The van der Waals surface area contributed by atoms with E-state index in [-0.39, 0.29) is 63.1 Å². The van der Waals surface area contributed by atoms with Crippen LogP contribution in [0.15, 0.2) is 77.8 Å². The molecule has 3 fully saturated rings. The highest BCUT2D eigenvalue weighted by molar-refractivity contribution is 5.98. The highest BCUT2D eigenvalue weighted by atomic mass is 16.4. The van der Waals surface area contributed by atoms with E-state index in [1.54, 1.807) is 55.1 Å². The molecule has 11 atom stereocenters. The Morgan fingerprint density at radius 2 is 1.37 bits per heavy atom. The molecule has 1 aliphatic carbocycles. The second kappa shape index (κ2) is 33.1. The number of aliphatic imine (C=N–C) groups is 1. The van der Waals surface area contributed by atoms with Gasteiger partial charge >= 0.3 is 5.97 Å². The topological polar surface area (TPSA) is 383 Å². The van der Waals surface area contributed by atoms with Gasteiger partial charge in [0.2, 0.25) is 53.2 Å². The number of guanidine groups is 1. The van der Waals surface area contributed by atoms with Crippen LogP contribution in [0, 0.1) is 11.8 Å². The molecule has 3 aromatic carbocycles. The van der Waals surface area contributed by atoms with Crippen LogP contribution in [0.25, 0.3) is 10.8 Å². The van der Waals surface area contributed by atoms with Crippen molar-refractivity contribution in [2.24, 2.45) is 34.0 Å². The lowest BCUT2D eigenvalue weighted by atomic mass is 9.84. The summed E-state index contributed by atoms with van der Waals surface area (Å²) in [5.41, 5.74) is 18.1. The van der Waals surface area contributed by atoms with E-state index in [0.717, 1.165) is 34.9 Å². The molecule has 25 nitrogen and oxygen atoms in total. The molecule has 9 amide bonds. The molecule has 0 unspecified atom stereocenters. The quantitative estimate of drug-likeness (QED) is 0.0237. The van der Waals surface area contributed by atoms with Crippen LogP contribution < -0.4 is 49.1 Å². The Balaban J connectivity index is 1.17. The Kier molecular flexibility index (Phi) is 25.8. The predicted molar refractivity (Wildman–Crippen MR) is 325 cm³/mol. The van der Waals surface area contributed by atoms with Crippen molar-refractivity contribution in [2.75, 3.05) is 39.8 Å². The van der Waals surface area contributed by atoms with Crippen LogP contribution in [0.5, 0.6) is 0 Å². The van der Waals surface area contributed by atoms with Crippen molar-refractivity contribution in [1.82, 2.24) is 46.6 Å². The number of unbranched alkanes of at least 4 members (excludes halogenated alkanes) is 1. The number of hydrogen-bond acceptors (Lipinski definition) is 13. The van der Waals surface area contributed by atoms with E-state index in [4.69, 9.17) is 17.2 Å². The van der Waals surface area contributed by atoms with Crippen molar-refractivity contribution in [3.63, 3.8) is 0 Å². The molecule has 6 rings (SSSR count). The lowest BCUT2D eigenvalue weighted by Crippen LogP contribution is -2.60. The van der Waals surface area contributed by atoms with Gasteiger partial charge in [-0.15, -0.1) is 0 Å². The van der Waals surface area contributed by atoms with Gasteiger partial charge < -0.3 is 74.0 Å². The largest absolute Gasteiger partial charge is 0.480 e. The van der Waals surface area contributed by atoms with E-state index in [1.807, 2.05) is 36.4 Å². The van der Waals surface area contributed by atoms with Crippen LogP contribution in [0.4, 0.5) is 0 Å². The van der Waals surface area contributed by atoms with Crippen molar-refractivity contribution in [1.29, 1.82) is 0 Å². The zero-order valence-electron chi connectivity index (χ0n) is 50.4. The number of aliphatic hydroxyl groups excluding tert-OH is 1. The maximum atomic E-state index is 15.1. The van der Waals surface area contributed by atoms with Crippen LogP contribution in [-0.2, 0) is 60.8 Å². The van der Waals surface area contributed by atoms with Crippen LogP contribution >= 0.6 is 0 Å². The number of rotatable bonds is 31. The third kappa shape index (κ3) is 18.9. The summed E-state index contributed by atoms with van der Waals surface area (Å²) in [7, 11) is 1.35.